The third-order valence-electron chi connectivity index (χ3n) is 4.20. The molecule has 0 aliphatic carbocycles. The van der Waals surface area contributed by atoms with Gasteiger partial charge in [-0.3, -0.25) is 4.79 Å². The highest BCUT2D eigenvalue weighted by Crippen LogP contribution is 2.22. The number of carbonyl (C=O) groups is 1. The van der Waals surface area contributed by atoms with Crippen molar-refractivity contribution < 1.29 is 13.6 Å². The van der Waals surface area contributed by atoms with Gasteiger partial charge in [-0.2, -0.15) is 0 Å². The maximum Gasteiger partial charge on any atom is 0.254 e. The summed E-state index contributed by atoms with van der Waals surface area (Å²) in [5.41, 5.74) is 2.30. The molecule has 2 N–H and O–H groups in total. The second-order valence-electron chi connectivity index (χ2n) is 5.72. The van der Waals surface area contributed by atoms with Crippen LogP contribution in [0.5, 0.6) is 0 Å². The molecule has 0 aromatic heterocycles. The number of nitrogens with one attached hydrogen (secondary N) is 2. The molecule has 1 heterocycles. The van der Waals surface area contributed by atoms with Gasteiger partial charge >= 0.3 is 0 Å². The van der Waals surface area contributed by atoms with Crippen molar-refractivity contribution in [2.45, 2.75) is 19.4 Å². The number of benzene rings is 2. The first-order valence-electron chi connectivity index (χ1n) is 7.62. The van der Waals surface area contributed by atoms with Gasteiger partial charge < -0.3 is 10.6 Å². The number of amides is 1. The van der Waals surface area contributed by atoms with Crippen LogP contribution in [0.1, 0.15) is 33.1 Å². The minimum Gasteiger partial charge on any atom is -0.350 e. The molecule has 3 nitrogen and oxygen atoms in total. The highest BCUT2D eigenvalue weighted by molar-refractivity contribution is 5.94. The Labute approximate surface area is 133 Å². The zero-order valence-corrected chi connectivity index (χ0v) is 12.8. The largest absolute Gasteiger partial charge is 0.350 e. The van der Waals surface area contributed by atoms with E-state index in [0.29, 0.717) is 6.54 Å². The lowest BCUT2D eigenvalue weighted by Crippen LogP contribution is -2.39. The van der Waals surface area contributed by atoms with Crippen molar-refractivity contribution >= 4 is 5.91 Å². The molecular weight excluding hydrogens is 298 g/mol. The Balaban J connectivity index is 1.72. The number of fused-ring (bicyclic) bond motifs is 1. The number of aryl methyl sites for hydroxylation is 1. The average molecular weight is 316 g/mol. The Bertz CT molecular complexity index is 746. The fourth-order valence-electron chi connectivity index (χ4n) is 2.89. The lowest BCUT2D eigenvalue weighted by molar-refractivity contribution is 0.0944. The Morgan fingerprint density at radius 3 is 2.83 bits per heavy atom. The molecule has 0 radical (unpaired) electrons. The molecule has 2 aromatic rings. The maximum atomic E-state index is 13.9. The Morgan fingerprint density at radius 2 is 2.00 bits per heavy atom. The first-order chi connectivity index (χ1) is 11.1. The van der Waals surface area contributed by atoms with Gasteiger partial charge in [-0.15, -0.1) is 0 Å². The molecule has 0 saturated heterocycles. The molecule has 120 valence electrons. The first kappa shape index (κ1) is 15.6. The summed E-state index contributed by atoms with van der Waals surface area (Å²) in [5.74, 6) is -2.68. The first-order valence-corrected chi connectivity index (χ1v) is 7.62. The molecule has 0 saturated carbocycles. The van der Waals surface area contributed by atoms with E-state index in [4.69, 9.17) is 0 Å². The van der Waals surface area contributed by atoms with E-state index in [9.17, 15) is 13.6 Å². The van der Waals surface area contributed by atoms with Gasteiger partial charge in [0.05, 0.1) is 5.56 Å². The van der Waals surface area contributed by atoms with Crippen LogP contribution >= 0.6 is 0 Å². The standard InChI is InChI=1S/C18H18F2N2O/c1-11-6-7-14(17(20)16(11)19)18(23)22-10-15-13-5-3-2-4-12(13)8-9-21-15/h2-7,15,21H,8-10H2,1H3,(H,22,23). The average Bonchev–Trinajstić information content (AvgIpc) is 2.57. The van der Waals surface area contributed by atoms with Crippen LogP contribution in [0.2, 0.25) is 0 Å². The molecule has 2 aromatic carbocycles. The van der Waals surface area contributed by atoms with E-state index in [0.717, 1.165) is 18.5 Å². The van der Waals surface area contributed by atoms with E-state index in [-0.39, 0.29) is 17.2 Å². The summed E-state index contributed by atoms with van der Waals surface area (Å²) >= 11 is 0. The zero-order valence-electron chi connectivity index (χ0n) is 12.8. The van der Waals surface area contributed by atoms with Crippen molar-refractivity contribution in [3.8, 4) is 0 Å². The number of rotatable bonds is 3. The second kappa shape index (κ2) is 6.46. The molecule has 3 rings (SSSR count). The van der Waals surface area contributed by atoms with Crippen LogP contribution < -0.4 is 10.6 Å². The predicted molar refractivity (Wildman–Crippen MR) is 84.3 cm³/mol. The van der Waals surface area contributed by atoms with E-state index in [1.165, 1.54) is 24.6 Å². The summed E-state index contributed by atoms with van der Waals surface area (Å²) in [6.45, 7) is 2.61. The lowest BCUT2D eigenvalue weighted by atomic mass is 9.94. The monoisotopic (exact) mass is 316 g/mol. The van der Waals surface area contributed by atoms with E-state index in [2.05, 4.69) is 16.7 Å². The van der Waals surface area contributed by atoms with E-state index in [1.807, 2.05) is 18.2 Å². The molecule has 1 aliphatic rings. The quantitative estimate of drug-likeness (QED) is 0.914. The summed E-state index contributed by atoms with van der Waals surface area (Å²) in [6.07, 6.45) is 0.943. The molecule has 1 unspecified atom stereocenters. The molecule has 1 atom stereocenters. The van der Waals surface area contributed by atoms with Gasteiger partial charge in [0.1, 0.15) is 0 Å². The number of carbonyl (C=O) groups excluding carboxylic acids is 1. The van der Waals surface area contributed by atoms with Crippen LogP contribution in [0.25, 0.3) is 0 Å². The van der Waals surface area contributed by atoms with Crippen molar-refractivity contribution in [3.05, 3.63) is 70.3 Å². The normalized spacial score (nSPS) is 16.7. The molecule has 23 heavy (non-hydrogen) atoms. The minimum absolute atomic E-state index is 0.0257. The topological polar surface area (TPSA) is 41.1 Å². The van der Waals surface area contributed by atoms with Gasteiger partial charge in [0.2, 0.25) is 0 Å². The molecule has 1 aliphatic heterocycles. The van der Waals surface area contributed by atoms with Gasteiger partial charge in [0, 0.05) is 12.6 Å². The predicted octanol–water partition coefficient (Wildman–Crippen LogP) is 2.89. The second-order valence-corrected chi connectivity index (χ2v) is 5.72. The fourth-order valence-corrected chi connectivity index (χ4v) is 2.89. The van der Waals surface area contributed by atoms with Crippen LogP contribution in [0, 0.1) is 18.6 Å². The third-order valence-corrected chi connectivity index (χ3v) is 4.20. The summed E-state index contributed by atoms with van der Waals surface area (Å²) in [6, 6.07) is 10.7. The lowest BCUT2D eigenvalue weighted by Gasteiger charge is -2.27. The van der Waals surface area contributed by atoms with Gasteiger partial charge in [0.25, 0.3) is 5.91 Å². The van der Waals surface area contributed by atoms with Crippen LogP contribution in [0.15, 0.2) is 36.4 Å². The summed E-state index contributed by atoms with van der Waals surface area (Å²) in [4.78, 5) is 12.1. The van der Waals surface area contributed by atoms with Gasteiger partial charge in [-0.1, -0.05) is 30.3 Å². The third kappa shape index (κ3) is 3.10. The van der Waals surface area contributed by atoms with Crippen LogP contribution in [-0.4, -0.2) is 19.0 Å². The Morgan fingerprint density at radius 1 is 1.22 bits per heavy atom. The van der Waals surface area contributed by atoms with E-state index >= 15 is 0 Å². The zero-order chi connectivity index (χ0) is 16.4. The van der Waals surface area contributed by atoms with Crippen LogP contribution in [-0.2, 0) is 6.42 Å². The van der Waals surface area contributed by atoms with Crippen molar-refractivity contribution in [1.29, 1.82) is 0 Å². The molecule has 0 bridgehead atoms. The van der Waals surface area contributed by atoms with Crippen molar-refractivity contribution in [2.75, 3.05) is 13.1 Å². The van der Waals surface area contributed by atoms with Gasteiger partial charge in [-0.25, -0.2) is 8.78 Å². The molecule has 1 amide bonds. The number of halogens is 2. The van der Waals surface area contributed by atoms with Gasteiger partial charge in [-0.05, 0) is 42.6 Å². The highest BCUT2D eigenvalue weighted by atomic mass is 19.2. The minimum atomic E-state index is -1.10. The van der Waals surface area contributed by atoms with Crippen molar-refractivity contribution in [2.24, 2.45) is 0 Å². The van der Waals surface area contributed by atoms with Crippen LogP contribution in [0.4, 0.5) is 8.78 Å². The van der Waals surface area contributed by atoms with Crippen molar-refractivity contribution in [3.63, 3.8) is 0 Å². The SMILES string of the molecule is Cc1ccc(C(=O)NCC2NCCc3ccccc32)c(F)c1F. The highest BCUT2D eigenvalue weighted by Gasteiger charge is 2.21. The smallest absolute Gasteiger partial charge is 0.254 e. The molecule has 5 heteroatoms. The summed E-state index contributed by atoms with van der Waals surface area (Å²) in [5, 5.41) is 6.02. The maximum absolute atomic E-state index is 13.9. The fraction of sp³-hybridized carbons (Fsp3) is 0.278. The summed E-state index contributed by atoms with van der Waals surface area (Å²) < 4.78 is 27.4. The summed E-state index contributed by atoms with van der Waals surface area (Å²) in [7, 11) is 0. The Kier molecular flexibility index (Phi) is 4.39. The van der Waals surface area contributed by atoms with Gasteiger partial charge in [0.15, 0.2) is 11.6 Å². The molecular formula is C18H18F2N2O. The Hall–Kier alpha value is -2.27. The van der Waals surface area contributed by atoms with Crippen LogP contribution in [0.3, 0.4) is 0 Å². The van der Waals surface area contributed by atoms with Crippen molar-refractivity contribution in [1.82, 2.24) is 10.6 Å². The van der Waals surface area contributed by atoms with E-state index < -0.39 is 17.5 Å². The number of hydrogen-bond acceptors (Lipinski definition) is 2. The number of hydrogen-bond donors (Lipinski definition) is 2. The molecule has 0 fully saturated rings. The molecule has 0 spiro atoms. The van der Waals surface area contributed by atoms with E-state index in [1.54, 1.807) is 0 Å².